The van der Waals surface area contributed by atoms with Gasteiger partial charge in [0.2, 0.25) is 5.85 Å². The number of hydrogen-bond acceptors (Lipinski definition) is 10. The van der Waals surface area contributed by atoms with Crippen molar-refractivity contribution in [1.29, 1.82) is 0 Å². The number of anilines is 1. The molecule has 13 heteroatoms. The zero-order valence-electron chi connectivity index (χ0n) is 28.8. The first-order chi connectivity index (χ1) is 24.2. The number of Topliss-reactive ketones (excluding diaryl/α,β-unsaturated/α-hetero) is 1. The lowest BCUT2D eigenvalue weighted by atomic mass is 9.87. The van der Waals surface area contributed by atoms with Gasteiger partial charge in [-0.2, -0.15) is 0 Å². The highest BCUT2D eigenvalue weighted by molar-refractivity contribution is 7.17. The van der Waals surface area contributed by atoms with Crippen molar-refractivity contribution in [3.63, 3.8) is 0 Å². The van der Waals surface area contributed by atoms with Gasteiger partial charge in [0, 0.05) is 62.3 Å². The maximum atomic E-state index is 15.9. The van der Waals surface area contributed by atoms with Gasteiger partial charge in [-0.05, 0) is 69.2 Å². The van der Waals surface area contributed by atoms with Gasteiger partial charge in [0.15, 0.2) is 5.78 Å². The molecule has 0 radical (unpaired) electrons. The first-order valence-electron chi connectivity index (χ1n) is 17.4. The molecule has 2 aliphatic heterocycles. The lowest BCUT2D eigenvalue weighted by molar-refractivity contribution is -0.254. The van der Waals surface area contributed by atoms with Crippen molar-refractivity contribution in [2.45, 2.75) is 76.0 Å². The van der Waals surface area contributed by atoms with E-state index in [-0.39, 0.29) is 58.7 Å². The number of esters is 1. The van der Waals surface area contributed by atoms with Gasteiger partial charge in [-0.15, -0.1) is 11.3 Å². The highest BCUT2D eigenvalue weighted by atomic mass is 35.5. The lowest BCUT2D eigenvalue weighted by Crippen LogP contribution is -2.67. The number of benzene rings is 2. The van der Waals surface area contributed by atoms with Crippen molar-refractivity contribution >= 4 is 56.4 Å². The largest absolute Gasteiger partial charge is 0.466 e. The van der Waals surface area contributed by atoms with Crippen LogP contribution in [-0.2, 0) is 35.0 Å². The van der Waals surface area contributed by atoms with Crippen LogP contribution in [0.5, 0.6) is 0 Å². The van der Waals surface area contributed by atoms with E-state index in [0.29, 0.717) is 64.0 Å². The van der Waals surface area contributed by atoms with Crippen molar-refractivity contribution in [1.82, 2.24) is 9.80 Å². The van der Waals surface area contributed by atoms with Crippen LogP contribution in [0.2, 0.25) is 5.02 Å². The predicted molar refractivity (Wildman–Crippen MR) is 190 cm³/mol. The number of ketones is 1. The Morgan fingerprint density at radius 3 is 2.34 bits per heavy atom. The van der Waals surface area contributed by atoms with Gasteiger partial charge in [-0.3, -0.25) is 24.2 Å². The normalized spacial score (nSPS) is 24.3. The molecule has 10 nitrogen and oxygen atoms in total. The van der Waals surface area contributed by atoms with Crippen LogP contribution in [0.3, 0.4) is 0 Å². The van der Waals surface area contributed by atoms with Gasteiger partial charge >= 0.3 is 5.97 Å². The third kappa shape index (κ3) is 7.48. The van der Waals surface area contributed by atoms with Gasteiger partial charge in [0.05, 0.1) is 47.1 Å². The number of halogens is 2. The lowest BCUT2D eigenvalue weighted by Gasteiger charge is -2.48. The molecule has 1 aliphatic carbocycles. The minimum absolute atomic E-state index is 0.1000. The maximum absolute atomic E-state index is 15.9. The molecule has 270 valence electrons. The molecule has 0 spiro atoms. The van der Waals surface area contributed by atoms with Crippen LogP contribution < -0.4 is 5.32 Å². The summed E-state index contributed by atoms with van der Waals surface area (Å²) < 4.78 is 40.7. The number of methoxy groups -OCH3 is 2. The molecule has 3 atom stereocenters. The van der Waals surface area contributed by atoms with Crippen molar-refractivity contribution in [3.8, 4) is 0 Å². The van der Waals surface area contributed by atoms with E-state index in [1.165, 1.54) is 23.5 Å². The van der Waals surface area contributed by atoms with Gasteiger partial charge < -0.3 is 24.3 Å². The molecule has 2 aromatic carbocycles. The highest BCUT2D eigenvalue weighted by Crippen LogP contribution is 2.39. The first-order valence-corrected chi connectivity index (χ1v) is 18.6. The summed E-state index contributed by atoms with van der Waals surface area (Å²) in [6.07, 6.45) is 2.91. The molecule has 3 aromatic rings. The van der Waals surface area contributed by atoms with Crippen LogP contribution in [0.4, 0.5) is 10.1 Å². The zero-order chi connectivity index (χ0) is 35.4. The van der Waals surface area contributed by atoms with Crippen LogP contribution in [0.15, 0.2) is 41.8 Å². The Morgan fingerprint density at radius 2 is 1.68 bits per heavy atom. The number of fused-ring (bicyclic) bond motifs is 1. The van der Waals surface area contributed by atoms with Gasteiger partial charge in [0.1, 0.15) is 5.82 Å². The monoisotopic (exact) mass is 729 g/mol. The quantitative estimate of drug-likeness (QED) is 0.203. The van der Waals surface area contributed by atoms with Crippen LogP contribution in [0, 0.1) is 11.7 Å². The van der Waals surface area contributed by atoms with E-state index in [4.69, 9.17) is 30.5 Å². The van der Waals surface area contributed by atoms with Gasteiger partial charge in [-0.25, -0.2) is 4.39 Å². The molecule has 1 aromatic heterocycles. The fourth-order valence-electron chi connectivity index (χ4n) is 7.59. The Bertz CT molecular complexity index is 1680. The summed E-state index contributed by atoms with van der Waals surface area (Å²) in [6, 6.07) is 10.1. The third-order valence-electron chi connectivity index (χ3n) is 10.2. The van der Waals surface area contributed by atoms with E-state index >= 15 is 4.39 Å². The molecule has 1 N–H and O–H groups in total. The average molecular weight is 730 g/mol. The summed E-state index contributed by atoms with van der Waals surface area (Å²) in [5.41, 5.74) is 0.689. The van der Waals surface area contributed by atoms with Gasteiger partial charge in [0.25, 0.3) is 5.91 Å². The number of nitrogens with one attached hydrogen (secondary N) is 1. The predicted octanol–water partition coefficient (Wildman–Crippen LogP) is 6.29. The van der Waals surface area contributed by atoms with E-state index in [9.17, 15) is 14.4 Å². The Kier molecular flexibility index (Phi) is 11.9. The van der Waals surface area contributed by atoms with Gasteiger partial charge in [-0.1, -0.05) is 29.8 Å². The van der Waals surface area contributed by atoms with Crippen molar-refractivity contribution < 1.29 is 37.7 Å². The van der Waals surface area contributed by atoms with E-state index in [2.05, 4.69) is 10.2 Å². The van der Waals surface area contributed by atoms with E-state index in [1.54, 1.807) is 26.5 Å². The second-order valence-electron chi connectivity index (χ2n) is 13.2. The summed E-state index contributed by atoms with van der Waals surface area (Å²) in [6.45, 7) is 4.13. The first kappa shape index (κ1) is 36.8. The molecule has 3 aliphatic rings. The Morgan fingerprint density at radius 1 is 1.00 bits per heavy atom. The van der Waals surface area contributed by atoms with E-state index < -0.39 is 17.6 Å². The summed E-state index contributed by atoms with van der Waals surface area (Å²) >= 11 is 8.11. The SMILES string of the molecule is CCOC(=O)C1CCC(OC(C(=O)Cc2cc(Cl)c(NC(=O)c3csc4ccccc34)cc2F)(N2CCCC2)N2C[C@H](OC)[C@H](OC)C2)CC1. The molecule has 1 amide bonds. The third-order valence-corrected chi connectivity index (χ3v) is 11.5. The fourth-order valence-corrected chi connectivity index (χ4v) is 8.77. The summed E-state index contributed by atoms with van der Waals surface area (Å²) in [7, 11) is 3.24. The summed E-state index contributed by atoms with van der Waals surface area (Å²) in [5, 5.41) is 5.43. The number of amides is 1. The number of carbonyl (C=O) groups excluding carboxylic acids is 3. The fraction of sp³-hybridized carbons (Fsp3) is 0.541. The molecule has 3 fully saturated rings. The molecule has 0 bridgehead atoms. The number of rotatable bonds is 13. The minimum atomic E-state index is -1.52. The smallest absolute Gasteiger partial charge is 0.308 e. The van der Waals surface area contributed by atoms with Crippen molar-refractivity contribution in [2.24, 2.45) is 5.92 Å². The van der Waals surface area contributed by atoms with Crippen LogP contribution in [-0.4, -0.2) is 98.6 Å². The second kappa shape index (κ2) is 16.1. The van der Waals surface area contributed by atoms with E-state index in [0.717, 1.165) is 22.9 Å². The topological polar surface area (TPSA) is 107 Å². The van der Waals surface area contributed by atoms with Crippen molar-refractivity contribution in [2.75, 3.05) is 52.3 Å². The summed E-state index contributed by atoms with van der Waals surface area (Å²) in [5.74, 6) is -3.31. The Labute approximate surface area is 301 Å². The second-order valence-corrected chi connectivity index (χ2v) is 14.5. The minimum Gasteiger partial charge on any atom is -0.466 e. The summed E-state index contributed by atoms with van der Waals surface area (Å²) in [4.78, 5) is 44.6. The highest BCUT2D eigenvalue weighted by Gasteiger charge is 2.56. The average Bonchev–Trinajstić information content (AvgIpc) is 3.90. The Hall–Kier alpha value is -2.97. The van der Waals surface area contributed by atoms with Crippen LogP contribution in [0.25, 0.3) is 10.1 Å². The Balaban J connectivity index is 1.28. The number of nitrogens with zero attached hydrogens (tertiary/aromatic N) is 2. The molecule has 1 saturated carbocycles. The van der Waals surface area contributed by atoms with E-state index in [1.807, 2.05) is 29.2 Å². The number of thiophene rings is 1. The molecular formula is C37H45ClFN3O7S. The number of likely N-dealkylation sites (tertiary alicyclic amines) is 2. The van der Waals surface area contributed by atoms with Crippen LogP contribution in [0.1, 0.15) is 61.4 Å². The van der Waals surface area contributed by atoms with Crippen LogP contribution >= 0.6 is 22.9 Å². The molecule has 1 unspecified atom stereocenters. The molecule has 6 rings (SSSR count). The number of carbonyl (C=O) groups is 3. The molecular weight excluding hydrogens is 685 g/mol. The zero-order valence-corrected chi connectivity index (χ0v) is 30.3. The standard InChI is InChI=1S/C37H45ClFN3O7S/c1-4-48-36(45)23-11-13-25(14-12-23)49-37(41-15-7-8-16-41,42-20-31(46-2)32(21-42)47-3)34(43)18-24-17-28(38)30(19-29(24)39)40-35(44)27-22-50-33-10-6-5-9-26(27)33/h5-6,9-10,17,19,22-23,25,31-32H,4,7-8,11-16,18,20-21H2,1-3H3,(H,40,44)/t23?,25?,31-,32+,37?. The molecule has 3 heterocycles. The molecule has 2 saturated heterocycles. The van der Waals surface area contributed by atoms with Crippen molar-refractivity contribution in [3.05, 3.63) is 63.7 Å². The number of ether oxygens (including phenoxy) is 4. The number of hydrogen-bond donors (Lipinski definition) is 1. The molecule has 50 heavy (non-hydrogen) atoms. The maximum Gasteiger partial charge on any atom is 0.308 e.